The average Bonchev–Trinajstić information content (AvgIpc) is 2.51. The van der Waals surface area contributed by atoms with Crippen LogP contribution in [0.2, 0.25) is 0 Å². The molecule has 0 aliphatic carbocycles. The summed E-state index contributed by atoms with van der Waals surface area (Å²) in [5, 5.41) is 4.30. The molecule has 0 saturated carbocycles. The van der Waals surface area contributed by atoms with Crippen LogP contribution in [0.1, 0.15) is 11.4 Å². The Balaban J connectivity index is 2.45. The molecule has 0 aliphatic rings. The molecule has 2 aromatic rings. The third-order valence-electron chi connectivity index (χ3n) is 2.56. The van der Waals surface area contributed by atoms with E-state index < -0.39 is 0 Å². The fraction of sp³-hybridized carbons (Fsp3) is 0.273. The lowest BCUT2D eigenvalue weighted by Gasteiger charge is -2.07. The Hall–Kier alpha value is -0.880. The number of nitrogens with zero attached hydrogens (tertiary/aromatic N) is 3. The summed E-state index contributed by atoms with van der Waals surface area (Å²) in [4.78, 5) is 11.9. The zero-order valence-corrected chi connectivity index (χ0v) is 12.6. The van der Waals surface area contributed by atoms with Crippen molar-refractivity contribution in [2.24, 2.45) is 7.05 Å². The zero-order chi connectivity index (χ0) is 12.6. The maximum atomic E-state index is 11.9. The predicted molar refractivity (Wildman–Crippen MR) is 73.1 cm³/mol. The molecule has 6 heteroatoms. The van der Waals surface area contributed by atoms with E-state index in [0.717, 1.165) is 15.9 Å². The molecule has 4 nitrogen and oxygen atoms in total. The van der Waals surface area contributed by atoms with Gasteiger partial charge in [0.2, 0.25) is 0 Å². The fourth-order valence-corrected chi connectivity index (χ4v) is 2.49. The van der Waals surface area contributed by atoms with Crippen LogP contribution in [0.15, 0.2) is 32.1 Å². The molecule has 0 radical (unpaired) electrons. The van der Waals surface area contributed by atoms with Crippen molar-refractivity contribution >= 4 is 31.9 Å². The topological polar surface area (TPSA) is 39.8 Å². The van der Waals surface area contributed by atoms with Gasteiger partial charge >= 0.3 is 0 Å². The summed E-state index contributed by atoms with van der Waals surface area (Å²) in [6.45, 7) is 2.42. The number of hydrogen-bond acceptors (Lipinski definition) is 2. The predicted octanol–water partition coefficient (Wildman–Crippen LogP) is 2.46. The first kappa shape index (κ1) is 12.6. The molecule has 0 amide bonds. The molecular weight excluding hydrogens is 350 g/mol. The molecule has 0 N–H and O–H groups in total. The van der Waals surface area contributed by atoms with Gasteiger partial charge < -0.3 is 4.57 Å². The average molecular weight is 361 g/mol. The largest absolute Gasteiger partial charge is 0.309 e. The summed E-state index contributed by atoms with van der Waals surface area (Å²) in [5.74, 6) is 0. The van der Waals surface area contributed by atoms with Crippen LogP contribution in [0, 0.1) is 6.92 Å². The van der Waals surface area contributed by atoms with Crippen molar-refractivity contribution in [3.63, 3.8) is 0 Å². The lowest BCUT2D eigenvalue weighted by molar-refractivity contribution is 0.648. The van der Waals surface area contributed by atoms with E-state index in [-0.39, 0.29) is 5.56 Å². The van der Waals surface area contributed by atoms with Crippen LogP contribution < -0.4 is 5.56 Å². The van der Waals surface area contributed by atoms with Crippen LogP contribution in [0.5, 0.6) is 0 Å². The highest BCUT2D eigenvalue weighted by atomic mass is 79.9. The Morgan fingerprint density at radius 1 is 1.41 bits per heavy atom. The summed E-state index contributed by atoms with van der Waals surface area (Å²) in [5.41, 5.74) is 1.85. The van der Waals surface area contributed by atoms with Gasteiger partial charge in [-0.15, -0.1) is 0 Å². The van der Waals surface area contributed by atoms with Gasteiger partial charge in [-0.05, 0) is 50.9 Å². The summed E-state index contributed by atoms with van der Waals surface area (Å²) < 4.78 is 4.94. The van der Waals surface area contributed by atoms with E-state index in [0.29, 0.717) is 11.0 Å². The summed E-state index contributed by atoms with van der Waals surface area (Å²) in [6.07, 6.45) is 1.77. The van der Waals surface area contributed by atoms with Crippen molar-refractivity contribution in [1.82, 2.24) is 14.3 Å². The number of rotatable bonds is 2. The van der Waals surface area contributed by atoms with E-state index in [9.17, 15) is 4.79 Å². The highest BCUT2D eigenvalue weighted by Gasteiger charge is 2.11. The summed E-state index contributed by atoms with van der Waals surface area (Å²) >= 11 is 6.73. The normalized spacial score (nSPS) is 10.8. The highest BCUT2D eigenvalue weighted by molar-refractivity contribution is 9.10. The van der Waals surface area contributed by atoms with Gasteiger partial charge in [0.25, 0.3) is 5.56 Å². The Morgan fingerprint density at radius 2 is 2.12 bits per heavy atom. The minimum Gasteiger partial charge on any atom is -0.309 e. The van der Waals surface area contributed by atoms with Gasteiger partial charge in [0, 0.05) is 13.2 Å². The SMILES string of the molecule is Cc1nn(C)c(Cn2cccc(Br)c2=O)c1Br. The first-order chi connectivity index (χ1) is 8.00. The van der Waals surface area contributed by atoms with E-state index in [2.05, 4.69) is 37.0 Å². The van der Waals surface area contributed by atoms with Gasteiger partial charge in [0.05, 0.1) is 26.9 Å². The molecule has 17 heavy (non-hydrogen) atoms. The molecule has 0 aliphatic heterocycles. The van der Waals surface area contributed by atoms with Crippen LogP contribution in [0.3, 0.4) is 0 Å². The van der Waals surface area contributed by atoms with Crippen LogP contribution in [-0.2, 0) is 13.6 Å². The van der Waals surface area contributed by atoms with E-state index >= 15 is 0 Å². The van der Waals surface area contributed by atoms with E-state index in [1.165, 1.54) is 0 Å². The zero-order valence-electron chi connectivity index (χ0n) is 9.44. The molecule has 2 heterocycles. The van der Waals surface area contributed by atoms with Gasteiger partial charge in [-0.25, -0.2) is 0 Å². The monoisotopic (exact) mass is 359 g/mol. The smallest absolute Gasteiger partial charge is 0.265 e. The van der Waals surface area contributed by atoms with Gasteiger partial charge in [-0.3, -0.25) is 9.48 Å². The van der Waals surface area contributed by atoms with Crippen molar-refractivity contribution in [3.8, 4) is 0 Å². The van der Waals surface area contributed by atoms with Crippen molar-refractivity contribution in [3.05, 3.63) is 49.0 Å². The molecule has 0 bridgehead atoms. The Kier molecular flexibility index (Phi) is 3.53. The van der Waals surface area contributed by atoms with Gasteiger partial charge in [-0.2, -0.15) is 5.10 Å². The molecule has 90 valence electrons. The van der Waals surface area contributed by atoms with Crippen molar-refractivity contribution in [2.45, 2.75) is 13.5 Å². The minimum atomic E-state index is -0.0433. The van der Waals surface area contributed by atoms with E-state index in [1.807, 2.05) is 20.0 Å². The second-order valence-corrected chi connectivity index (χ2v) is 5.41. The van der Waals surface area contributed by atoms with Crippen LogP contribution >= 0.6 is 31.9 Å². The van der Waals surface area contributed by atoms with E-state index in [1.54, 1.807) is 21.5 Å². The lowest BCUT2D eigenvalue weighted by Crippen LogP contribution is -2.21. The quantitative estimate of drug-likeness (QED) is 0.825. The number of halogens is 2. The van der Waals surface area contributed by atoms with Crippen LogP contribution in [-0.4, -0.2) is 14.3 Å². The van der Waals surface area contributed by atoms with Gasteiger partial charge in [-0.1, -0.05) is 0 Å². The molecule has 0 unspecified atom stereocenters. The van der Waals surface area contributed by atoms with Crippen molar-refractivity contribution in [1.29, 1.82) is 0 Å². The van der Waals surface area contributed by atoms with Crippen LogP contribution in [0.4, 0.5) is 0 Å². The third-order valence-corrected chi connectivity index (χ3v) is 4.19. The maximum Gasteiger partial charge on any atom is 0.265 e. The molecule has 0 fully saturated rings. The molecular formula is C11H11Br2N3O. The molecule has 0 aromatic carbocycles. The highest BCUT2D eigenvalue weighted by Crippen LogP contribution is 2.20. The Bertz CT molecular complexity index is 616. The van der Waals surface area contributed by atoms with Crippen molar-refractivity contribution in [2.75, 3.05) is 0 Å². The van der Waals surface area contributed by atoms with Gasteiger partial charge in [0.1, 0.15) is 0 Å². The van der Waals surface area contributed by atoms with Crippen molar-refractivity contribution < 1.29 is 0 Å². The standard InChI is InChI=1S/C11H11Br2N3O/c1-7-10(13)9(15(2)14-7)6-16-5-3-4-8(12)11(16)17/h3-5H,6H2,1-2H3. The number of aromatic nitrogens is 3. The fourth-order valence-electron chi connectivity index (χ4n) is 1.65. The number of pyridine rings is 1. The number of aryl methyl sites for hydroxylation is 2. The molecule has 2 rings (SSSR count). The third kappa shape index (κ3) is 2.37. The Morgan fingerprint density at radius 3 is 2.71 bits per heavy atom. The summed E-state index contributed by atoms with van der Waals surface area (Å²) in [6, 6.07) is 3.57. The molecule has 0 atom stereocenters. The second-order valence-electron chi connectivity index (χ2n) is 3.76. The summed E-state index contributed by atoms with van der Waals surface area (Å²) in [7, 11) is 1.87. The molecule has 0 spiro atoms. The maximum absolute atomic E-state index is 11.9. The van der Waals surface area contributed by atoms with Gasteiger partial charge in [0.15, 0.2) is 0 Å². The second kappa shape index (κ2) is 4.78. The first-order valence-corrected chi connectivity index (χ1v) is 6.62. The number of hydrogen-bond donors (Lipinski definition) is 0. The lowest BCUT2D eigenvalue weighted by atomic mass is 10.3. The Labute approximate surface area is 116 Å². The molecule has 0 saturated heterocycles. The minimum absolute atomic E-state index is 0.0433. The molecule has 2 aromatic heterocycles. The first-order valence-electron chi connectivity index (χ1n) is 5.03. The van der Waals surface area contributed by atoms with Crippen LogP contribution in [0.25, 0.3) is 0 Å². The van der Waals surface area contributed by atoms with E-state index in [4.69, 9.17) is 0 Å².